The summed E-state index contributed by atoms with van der Waals surface area (Å²) in [5.74, 6) is 1.05. The number of carbonyl (C=O) groups is 1. The number of likely N-dealkylation sites (tertiary alicyclic amines) is 1. The molecule has 1 aliphatic heterocycles. The second-order valence-electron chi connectivity index (χ2n) is 10.3. The first kappa shape index (κ1) is 24.3. The molecule has 7 nitrogen and oxygen atoms in total. The minimum Gasteiger partial charge on any atom is -0.444 e. The summed E-state index contributed by atoms with van der Waals surface area (Å²) in [5, 5.41) is 5.44. The molecule has 3 aromatic rings. The van der Waals surface area contributed by atoms with Crippen molar-refractivity contribution in [2.45, 2.75) is 97.2 Å². The lowest BCUT2D eigenvalue weighted by atomic mass is 10.1. The van der Waals surface area contributed by atoms with Gasteiger partial charge in [-0.3, -0.25) is 4.90 Å². The van der Waals surface area contributed by atoms with Gasteiger partial charge in [-0.1, -0.05) is 62.4 Å². The molecule has 1 atom stereocenters. The van der Waals surface area contributed by atoms with Crippen molar-refractivity contribution in [1.29, 1.82) is 0 Å². The molecule has 1 aromatic carbocycles. The van der Waals surface area contributed by atoms with Gasteiger partial charge in [0.2, 0.25) is 11.7 Å². The fourth-order valence-electron chi connectivity index (χ4n) is 4.71. The van der Waals surface area contributed by atoms with Crippen LogP contribution in [0.1, 0.15) is 91.0 Å². The average molecular weight is 467 g/mol. The molecule has 0 N–H and O–H groups in total. The van der Waals surface area contributed by atoms with Gasteiger partial charge in [-0.15, -0.1) is 0 Å². The van der Waals surface area contributed by atoms with Gasteiger partial charge in [-0.25, -0.2) is 4.79 Å². The number of hydrogen-bond donors (Lipinski definition) is 0. The van der Waals surface area contributed by atoms with Crippen molar-refractivity contribution in [3.8, 4) is 11.4 Å². The number of aryl methyl sites for hydroxylation is 1. The normalized spacial score (nSPS) is 16.5. The molecular weight excluding hydrogens is 428 g/mol. The Balaban J connectivity index is 1.51. The summed E-state index contributed by atoms with van der Waals surface area (Å²) < 4.78 is 13.6. The minimum atomic E-state index is -0.540. The van der Waals surface area contributed by atoms with Crippen molar-refractivity contribution >= 4 is 17.0 Å². The number of carbonyl (C=O) groups excluding carboxylic acids is 1. The number of hydrogen-bond acceptors (Lipinski definition) is 5. The summed E-state index contributed by atoms with van der Waals surface area (Å²) in [7, 11) is 0. The zero-order valence-electron chi connectivity index (χ0n) is 21.0. The van der Waals surface area contributed by atoms with Crippen LogP contribution >= 0.6 is 0 Å². The third kappa shape index (κ3) is 5.62. The zero-order chi connectivity index (χ0) is 24.1. The Labute approximate surface area is 202 Å². The number of rotatable bonds is 9. The molecule has 1 aliphatic rings. The molecule has 2 aromatic heterocycles. The number of nitrogens with zero attached hydrogens (tertiary/aromatic N) is 4. The molecule has 0 unspecified atom stereocenters. The summed E-state index contributed by atoms with van der Waals surface area (Å²) in [6.45, 7) is 9.49. The van der Waals surface area contributed by atoms with Crippen molar-refractivity contribution in [2.75, 3.05) is 6.54 Å². The molecule has 7 heteroatoms. The third-order valence-corrected chi connectivity index (χ3v) is 6.39. The van der Waals surface area contributed by atoms with E-state index in [-0.39, 0.29) is 12.1 Å². The molecule has 1 amide bonds. The van der Waals surface area contributed by atoms with Crippen molar-refractivity contribution in [1.82, 2.24) is 19.6 Å². The van der Waals surface area contributed by atoms with E-state index >= 15 is 0 Å². The Morgan fingerprint density at radius 2 is 1.91 bits per heavy atom. The number of para-hydroxylation sites is 1. The molecule has 0 saturated carbocycles. The first-order chi connectivity index (χ1) is 16.4. The zero-order valence-corrected chi connectivity index (χ0v) is 21.0. The van der Waals surface area contributed by atoms with Gasteiger partial charge in [-0.2, -0.15) is 4.98 Å². The predicted molar refractivity (Wildman–Crippen MR) is 134 cm³/mol. The Morgan fingerprint density at radius 1 is 1.15 bits per heavy atom. The molecule has 0 spiro atoms. The lowest BCUT2D eigenvalue weighted by molar-refractivity contribution is 0.0199. The van der Waals surface area contributed by atoms with Gasteiger partial charge in [-0.05, 0) is 46.1 Å². The lowest BCUT2D eigenvalue weighted by Gasteiger charge is -2.26. The van der Waals surface area contributed by atoms with Gasteiger partial charge in [0.25, 0.3) is 0 Å². The van der Waals surface area contributed by atoms with Crippen molar-refractivity contribution in [2.24, 2.45) is 0 Å². The number of fused-ring (bicyclic) bond motifs is 1. The first-order valence-electron chi connectivity index (χ1n) is 12.8. The second-order valence-corrected chi connectivity index (χ2v) is 10.3. The van der Waals surface area contributed by atoms with Crippen LogP contribution in [0.3, 0.4) is 0 Å². The van der Waals surface area contributed by atoms with Crippen LogP contribution in [0.25, 0.3) is 22.3 Å². The van der Waals surface area contributed by atoms with E-state index in [0.29, 0.717) is 18.3 Å². The van der Waals surface area contributed by atoms with Crippen LogP contribution in [-0.2, 0) is 11.3 Å². The molecule has 34 heavy (non-hydrogen) atoms. The molecule has 3 heterocycles. The average Bonchev–Trinajstić information content (AvgIpc) is 3.53. The molecule has 4 rings (SSSR count). The summed E-state index contributed by atoms with van der Waals surface area (Å²) in [4.78, 5) is 19.2. The minimum absolute atomic E-state index is 0.243. The van der Waals surface area contributed by atoms with Crippen molar-refractivity contribution < 1.29 is 14.1 Å². The predicted octanol–water partition coefficient (Wildman–Crippen LogP) is 7.12. The van der Waals surface area contributed by atoms with Gasteiger partial charge in [0, 0.05) is 35.8 Å². The van der Waals surface area contributed by atoms with E-state index in [4.69, 9.17) is 14.2 Å². The van der Waals surface area contributed by atoms with Crippen LogP contribution in [-0.4, -0.2) is 37.8 Å². The van der Waals surface area contributed by atoms with Crippen molar-refractivity contribution in [3.05, 3.63) is 36.4 Å². The number of ether oxygens (including phenoxy) is 1. The van der Waals surface area contributed by atoms with E-state index in [9.17, 15) is 4.79 Å². The summed E-state index contributed by atoms with van der Waals surface area (Å²) >= 11 is 0. The Morgan fingerprint density at radius 3 is 2.71 bits per heavy atom. The molecule has 1 saturated heterocycles. The van der Waals surface area contributed by atoms with E-state index in [1.807, 2.05) is 26.8 Å². The Bertz CT molecular complexity index is 1090. The third-order valence-electron chi connectivity index (χ3n) is 6.39. The SMILES string of the molecule is CCCCCCCCn1cc(-c2noc([C@@H]3CCCN3C(=O)OC(C)(C)C)n2)c2ccccc21. The van der Waals surface area contributed by atoms with Crippen LogP contribution in [0, 0.1) is 0 Å². The van der Waals surface area contributed by atoms with E-state index in [1.165, 1.54) is 37.6 Å². The first-order valence-corrected chi connectivity index (χ1v) is 12.8. The van der Waals surface area contributed by atoms with Crippen LogP contribution in [0.4, 0.5) is 4.79 Å². The van der Waals surface area contributed by atoms with Crippen LogP contribution in [0.15, 0.2) is 35.0 Å². The van der Waals surface area contributed by atoms with Crippen LogP contribution in [0.2, 0.25) is 0 Å². The largest absolute Gasteiger partial charge is 0.444 e. The summed E-state index contributed by atoms with van der Waals surface area (Å²) in [6.07, 6.45) is 11.1. The fraction of sp³-hybridized carbons (Fsp3) is 0.593. The van der Waals surface area contributed by atoms with Gasteiger partial charge in [0.1, 0.15) is 11.6 Å². The van der Waals surface area contributed by atoms with Gasteiger partial charge < -0.3 is 13.8 Å². The van der Waals surface area contributed by atoms with E-state index < -0.39 is 5.60 Å². The maximum absolute atomic E-state index is 12.7. The Hall–Kier alpha value is -2.83. The van der Waals surface area contributed by atoms with E-state index in [2.05, 4.69) is 41.0 Å². The molecule has 0 bridgehead atoms. The lowest BCUT2D eigenvalue weighted by Crippen LogP contribution is -2.36. The van der Waals surface area contributed by atoms with Crippen molar-refractivity contribution in [3.63, 3.8) is 0 Å². The Kier molecular flexibility index (Phi) is 7.59. The maximum Gasteiger partial charge on any atom is 0.410 e. The summed E-state index contributed by atoms with van der Waals surface area (Å²) in [5.41, 5.74) is 1.62. The molecule has 1 fully saturated rings. The topological polar surface area (TPSA) is 73.4 Å². The molecule has 0 radical (unpaired) electrons. The smallest absolute Gasteiger partial charge is 0.410 e. The second kappa shape index (κ2) is 10.6. The number of benzene rings is 1. The highest BCUT2D eigenvalue weighted by molar-refractivity contribution is 5.94. The van der Waals surface area contributed by atoms with Gasteiger partial charge in [0.15, 0.2) is 0 Å². The molecule has 184 valence electrons. The summed E-state index contributed by atoms with van der Waals surface area (Å²) in [6, 6.07) is 8.14. The fourth-order valence-corrected chi connectivity index (χ4v) is 4.71. The highest BCUT2D eigenvalue weighted by atomic mass is 16.6. The number of amides is 1. The highest BCUT2D eigenvalue weighted by Gasteiger charge is 2.36. The monoisotopic (exact) mass is 466 g/mol. The number of unbranched alkanes of at least 4 members (excludes halogenated alkanes) is 5. The van der Waals surface area contributed by atoms with Crippen LogP contribution in [0.5, 0.6) is 0 Å². The quantitative estimate of drug-likeness (QED) is 0.314. The van der Waals surface area contributed by atoms with Crippen LogP contribution < -0.4 is 0 Å². The standard InChI is InChI=1S/C27H38N4O3/c1-5-6-7-8-9-12-17-30-19-21(20-14-10-11-15-22(20)30)24-28-25(34-29-24)23-16-13-18-31(23)26(32)33-27(2,3)4/h10-11,14-15,19,23H,5-9,12-13,16-18H2,1-4H3/t23-/m0/s1. The maximum atomic E-state index is 12.7. The van der Waals surface area contributed by atoms with E-state index in [1.54, 1.807) is 4.90 Å². The molecule has 0 aliphatic carbocycles. The van der Waals surface area contributed by atoms with Gasteiger partial charge >= 0.3 is 6.09 Å². The van der Waals surface area contributed by atoms with E-state index in [0.717, 1.165) is 36.8 Å². The highest BCUT2D eigenvalue weighted by Crippen LogP contribution is 2.35. The number of aromatic nitrogens is 3. The molecular formula is C27H38N4O3. The van der Waals surface area contributed by atoms with Gasteiger partial charge in [0.05, 0.1) is 0 Å².